The summed E-state index contributed by atoms with van der Waals surface area (Å²) in [4.78, 5) is 16.1. The summed E-state index contributed by atoms with van der Waals surface area (Å²) in [6.45, 7) is 6.57. The fourth-order valence-corrected chi connectivity index (χ4v) is 1.56. The predicted octanol–water partition coefficient (Wildman–Crippen LogP) is 1.45. The van der Waals surface area contributed by atoms with Gasteiger partial charge in [-0.1, -0.05) is 20.8 Å². The molecule has 0 N–H and O–H groups in total. The van der Waals surface area contributed by atoms with E-state index in [0.717, 1.165) is 25.2 Å². The Morgan fingerprint density at radius 2 is 2.14 bits per heavy atom. The third kappa shape index (κ3) is 1.45. The van der Waals surface area contributed by atoms with E-state index in [1.807, 2.05) is 25.5 Å². The van der Waals surface area contributed by atoms with Crippen molar-refractivity contribution in [3.8, 4) is 0 Å². The van der Waals surface area contributed by atoms with E-state index in [9.17, 15) is 4.79 Å². The van der Waals surface area contributed by atoms with E-state index in [0.29, 0.717) is 5.82 Å². The Hall–Kier alpha value is -1.19. The van der Waals surface area contributed by atoms with Crippen LogP contribution in [0.25, 0.3) is 0 Å². The second-order valence-electron chi connectivity index (χ2n) is 4.76. The summed E-state index contributed by atoms with van der Waals surface area (Å²) in [5.41, 5.74) is -0.386. The quantitative estimate of drug-likeness (QED) is 0.634. The summed E-state index contributed by atoms with van der Waals surface area (Å²) in [5.74, 6) is 1.37. The fraction of sp³-hybridized carbons (Fsp3) is 0.700. The zero-order valence-electron chi connectivity index (χ0n) is 8.87. The Bertz CT molecular complexity index is 352. The molecule has 0 aromatic carbocycles. The van der Waals surface area contributed by atoms with Crippen molar-refractivity contribution in [2.45, 2.75) is 40.2 Å². The largest absolute Gasteiger partial charge is 0.290 e. The van der Waals surface area contributed by atoms with Gasteiger partial charge in [0.25, 0.3) is 0 Å². The van der Waals surface area contributed by atoms with Crippen molar-refractivity contribution in [1.29, 1.82) is 0 Å². The van der Waals surface area contributed by atoms with Gasteiger partial charge in [-0.2, -0.15) is 0 Å². The van der Waals surface area contributed by atoms with Crippen molar-refractivity contribution in [2.75, 3.05) is 0 Å². The van der Waals surface area contributed by atoms with Crippen molar-refractivity contribution >= 4 is 5.78 Å². The monoisotopic (exact) mass is 193 g/mol. The van der Waals surface area contributed by atoms with Gasteiger partial charge >= 0.3 is 0 Å². The number of ketones is 1. The lowest BCUT2D eigenvalue weighted by molar-refractivity contribution is 0.0846. The average Bonchev–Trinajstić information content (AvgIpc) is 2.58. The topological polar surface area (TPSA) is 47.8 Å². The van der Waals surface area contributed by atoms with E-state index >= 15 is 0 Å². The number of rotatable bonds is 1. The number of hydrogen-bond donors (Lipinski definition) is 0. The van der Waals surface area contributed by atoms with Crippen LogP contribution in [0.1, 0.15) is 43.6 Å². The standard InChI is InChI=1S/C10H15N3O/c1-10(2,3)8(14)9-11-7-5-4-6-13(7)12-9/h4-6H2,1-3H3. The number of aromatic nitrogens is 3. The first-order chi connectivity index (χ1) is 6.48. The van der Waals surface area contributed by atoms with Crippen LogP contribution >= 0.6 is 0 Å². The molecule has 76 valence electrons. The maximum Gasteiger partial charge on any atom is 0.218 e. The molecule has 14 heavy (non-hydrogen) atoms. The Morgan fingerprint density at radius 3 is 2.71 bits per heavy atom. The van der Waals surface area contributed by atoms with Gasteiger partial charge in [0.15, 0.2) is 0 Å². The number of hydrogen-bond acceptors (Lipinski definition) is 3. The van der Waals surface area contributed by atoms with E-state index in [1.54, 1.807) is 0 Å². The summed E-state index contributed by atoms with van der Waals surface area (Å²) >= 11 is 0. The van der Waals surface area contributed by atoms with Gasteiger partial charge in [-0.25, -0.2) is 9.67 Å². The molecule has 4 nitrogen and oxygen atoms in total. The molecule has 1 aromatic heterocycles. The minimum absolute atomic E-state index is 0.0272. The molecule has 0 saturated heterocycles. The Kier molecular flexibility index (Phi) is 1.94. The zero-order chi connectivity index (χ0) is 10.3. The van der Waals surface area contributed by atoms with Crippen LogP contribution in [0.4, 0.5) is 0 Å². The Balaban J connectivity index is 2.30. The highest BCUT2D eigenvalue weighted by Gasteiger charge is 2.28. The van der Waals surface area contributed by atoms with E-state index in [-0.39, 0.29) is 11.2 Å². The van der Waals surface area contributed by atoms with Gasteiger partial charge in [0.05, 0.1) is 0 Å². The lowest BCUT2D eigenvalue weighted by Gasteiger charge is -2.13. The van der Waals surface area contributed by atoms with Gasteiger partial charge in [-0.15, -0.1) is 5.10 Å². The second kappa shape index (κ2) is 2.90. The fourth-order valence-electron chi connectivity index (χ4n) is 1.56. The van der Waals surface area contributed by atoms with Crippen LogP contribution in [0.5, 0.6) is 0 Å². The van der Waals surface area contributed by atoms with Crippen LogP contribution in [0, 0.1) is 5.41 Å². The molecule has 1 aliphatic rings. The van der Waals surface area contributed by atoms with Crippen LogP contribution in [0.3, 0.4) is 0 Å². The molecule has 0 atom stereocenters. The summed E-state index contributed by atoms with van der Waals surface area (Å²) in [6, 6.07) is 0. The molecule has 0 bridgehead atoms. The van der Waals surface area contributed by atoms with Crippen molar-refractivity contribution in [2.24, 2.45) is 5.41 Å². The van der Waals surface area contributed by atoms with Gasteiger partial charge in [-0.05, 0) is 6.42 Å². The number of fused-ring (bicyclic) bond motifs is 1. The van der Waals surface area contributed by atoms with E-state index < -0.39 is 0 Å². The van der Waals surface area contributed by atoms with Gasteiger partial charge < -0.3 is 0 Å². The number of nitrogens with zero attached hydrogens (tertiary/aromatic N) is 3. The molecular formula is C10H15N3O. The zero-order valence-corrected chi connectivity index (χ0v) is 8.87. The minimum atomic E-state index is -0.386. The third-order valence-corrected chi connectivity index (χ3v) is 2.40. The lowest BCUT2D eigenvalue weighted by atomic mass is 9.90. The number of carbonyl (C=O) groups is 1. The number of Topliss-reactive ketones (excluding diaryl/α,β-unsaturated/α-hetero) is 1. The van der Waals surface area contributed by atoms with Crippen LogP contribution < -0.4 is 0 Å². The first kappa shape index (κ1) is 9.37. The van der Waals surface area contributed by atoms with Gasteiger partial charge in [-0.3, -0.25) is 4.79 Å². The normalized spacial score (nSPS) is 15.6. The summed E-state index contributed by atoms with van der Waals surface area (Å²) < 4.78 is 1.85. The molecular weight excluding hydrogens is 178 g/mol. The van der Waals surface area contributed by atoms with Crippen LogP contribution in [-0.4, -0.2) is 20.5 Å². The summed E-state index contributed by atoms with van der Waals surface area (Å²) in [6.07, 6.45) is 2.05. The smallest absolute Gasteiger partial charge is 0.218 e. The molecule has 4 heteroatoms. The molecule has 0 spiro atoms. The van der Waals surface area contributed by atoms with E-state index in [4.69, 9.17) is 0 Å². The predicted molar refractivity (Wildman–Crippen MR) is 52.1 cm³/mol. The average molecular weight is 193 g/mol. The highest BCUT2D eigenvalue weighted by molar-refractivity contribution is 5.96. The molecule has 0 amide bonds. The Morgan fingerprint density at radius 1 is 1.43 bits per heavy atom. The number of carbonyl (C=O) groups excluding carboxylic acids is 1. The first-order valence-electron chi connectivity index (χ1n) is 4.97. The molecule has 0 saturated carbocycles. The number of aryl methyl sites for hydroxylation is 2. The van der Waals surface area contributed by atoms with Crippen LogP contribution in [-0.2, 0) is 13.0 Å². The summed E-state index contributed by atoms with van der Waals surface area (Å²) in [7, 11) is 0. The molecule has 2 rings (SSSR count). The molecule has 0 unspecified atom stereocenters. The van der Waals surface area contributed by atoms with Gasteiger partial charge in [0, 0.05) is 18.4 Å². The lowest BCUT2D eigenvalue weighted by Crippen LogP contribution is -2.21. The van der Waals surface area contributed by atoms with Gasteiger partial charge in [0.1, 0.15) is 5.82 Å². The highest BCUT2D eigenvalue weighted by atomic mass is 16.1. The molecule has 0 fully saturated rings. The Labute approximate surface area is 83.3 Å². The molecule has 0 radical (unpaired) electrons. The minimum Gasteiger partial charge on any atom is -0.290 e. The third-order valence-electron chi connectivity index (χ3n) is 2.40. The SMILES string of the molecule is CC(C)(C)C(=O)c1nc2n(n1)CCC2. The van der Waals surface area contributed by atoms with E-state index in [1.165, 1.54) is 0 Å². The molecule has 0 aliphatic carbocycles. The maximum atomic E-state index is 11.8. The van der Waals surface area contributed by atoms with Gasteiger partial charge in [0.2, 0.25) is 11.6 Å². The van der Waals surface area contributed by atoms with Crippen molar-refractivity contribution < 1.29 is 4.79 Å². The van der Waals surface area contributed by atoms with Crippen LogP contribution in [0.2, 0.25) is 0 Å². The van der Waals surface area contributed by atoms with Crippen molar-refractivity contribution in [1.82, 2.24) is 14.8 Å². The van der Waals surface area contributed by atoms with Crippen molar-refractivity contribution in [3.63, 3.8) is 0 Å². The molecule has 1 aromatic rings. The summed E-state index contributed by atoms with van der Waals surface area (Å²) in [5, 5.41) is 4.21. The first-order valence-corrected chi connectivity index (χ1v) is 4.97. The molecule has 1 aliphatic heterocycles. The highest BCUT2D eigenvalue weighted by Crippen LogP contribution is 2.20. The maximum absolute atomic E-state index is 11.8. The second-order valence-corrected chi connectivity index (χ2v) is 4.76. The molecule has 2 heterocycles. The van der Waals surface area contributed by atoms with Crippen LogP contribution in [0.15, 0.2) is 0 Å². The van der Waals surface area contributed by atoms with Crippen molar-refractivity contribution in [3.05, 3.63) is 11.6 Å². The van der Waals surface area contributed by atoms with E-state index in [2.05, 4.69) is 10.1 Å².